The summed E-state index contributed by atoms with van der Waals surface area (Å²) in [6.07, 6.45) is 5.64. The maximum Gasteiger partial charge on any atom is 0.254 e. The van der Waals surface area contributed by atoms with Gasteiger partial charge in [0.15, 0.2) is 0 Å². The second-order valence-electron chi connectivity index (χ2n) is 7.26. The molecule has 3 aromatic rings. The number of benzene rings is 1. The lowest BCUT2D eigenvalue weighted by Crippen LogP contribution is -2.22. The average molecular weight is 388 g/mol. The Balaban J connectivity index is 1.48. The molecule has 1 aliphatic carbocycles. The van der Waals surface area contributed by atoms with Crippen LogP contribution >= 0.6 is 0 Å². The Bertz CT molecular complexity index is 1140. The van der Waals surface area contributed by atoms with E-state index in [9.17, 15) is 9.18 Å². The molecule has 1 aromatic carbocycles. The van der Waals surface area contributed by atoms with Gasteiger partial charge >= 0.3 is 0 Å². The molecule has 1 saturated carbocycles. The molecule has 0 unspecified atom stereocenters. The van der Waals surface area contributed by atoms with Gasteiger partial charge in [0, 0.05) is 35.6 Å². The smallest absolute Gasteiger partial charge is 0.254 e. The molecule has 0 N–H and O–H groups in total. The van der Waals surface area contributed by atoms with Crippen molar-refractivity contribution in [1.82, 2.24) is 9.55 Å². The molecule has 4 rings (SSSR count). The lowest BCUT2D eigenvalue weighted by Gasteiger charge is -2.13. The Labute approximate surface area is 169 Å². The average Bonchev–Trinajstić information content (AvgIpc) is 3.54. The van der Waals surface area contributed by atoms with Crippen molar-refractivity contribution in [1.29, 1.82) is 0 Å². The Morgan fingerprint density at radius 1 is 1.21 bits per heavy atom. The molecule has 0 bridgehead atoms. The lowest BCUT2D eigenvalue weighted by atomic mass is 10.1. The van der Waals surface area contributed by atoms with Crippen LogP contribution in [0.1, 0.15) is 35.2 Å². The molecule has 0 radical (unpaired) electrons. The summed E-state index contributed by atoms with van der Waals surface area (Å²) < 4.78 is 21.7. The van der Waals surface area contributed by atoms with Crippen LogP contribution in [0, 0.1) is 30.5 Å². The molecule has 0 saturated heterocycles. The molecule has 2 heterocycles. The number of ether oxygens (including phenoxy) is 1. The third-order valence-corrected chi connectivity index (χ3v) is 4.80. The molecule has 4 nitrogen and oxygen atoms in total. The van der Waals surface area contributed by atoms with E-state index in [2.05, 4.69) is 16.8 Å². The molecule has 0 atom stereocenters. The summed E-state index contributed by atoms with van der Waals surface area (Å²) in [7, 11) is 0. The van der Waals surface area contributed by atoms with E-state index in [1.165, 1.54) is 12.1 Å². The van der Waals surface area contributed by atoms with Crippen molar-refractivity contribution in [2.24, 2.45) is 5.92 Å². The van der Waals surface area contributed by atoms with Crippen molar-refractivity contribution in [2.75, 3.05) is 0 Å². The van der Waals surface area contributed by atoms with E-state index in [4.69, 9.17) is 4.74 Å². The van der Waals surface area contributed by atoms with Crippen LogP contribution in [0.5, 0.6) is 5.75 Å². The summed E-state index contributed by atoms with van der Waals surface area (Å²) >= 11 is 0. The topological polar surface area (TPSA) is 44.1 Å². The monoisotopic (exact) mass is 388 g/mol. The number of aromatic nitrogens is 2. The first-order valence-corrected chi connectivity index (χ1v) is 9.61. The number of nitrogens with zero attached hydrogens (tertiary/aromatic N) is 2. The van der Waals surface area contributed by atoms with Crippen LogP contribution in [-0.4, -0.2) is 9.55 Å². The van der Waals surface area contributed by atoms with Gasteiger partial charge in [0.25, 0.3) is 5.56 Å². The van der Waals surface area contributed by atoms with Crippen LogP contribution in [0.4, 0.5) is 4.39 Å². The van der Waals surface area contributed by atoms with E-state index in [-0.39, 0.29) is 11.4 Å². The highest BCUT2D eigenvalue weighted by Gasteiger charge is 2.18. The molecular weight excluding hydrogens is 367 g/mol. The van der Waals surface area contributed by atoms with Crippen LogP contribution in [-0.2, 0) is 13.2 Å². The largest absolute Gasteiger partial charge is 0.489 e. The fraction of sp³-hybridized carbons (Fsp3) is 0.250. The van der Waals surface area contributed by atoms with Crippen molar-refractivity contribution in [3.8, 4) is 17.6 Å². The summed E-state index contributed by atoms with van der Waals surface area (Å²) in [6.45, 7) is 2.47. The van der Waals surface area contributed by atoms with E-state index in [0.29, 0.717) is 35.9 Å². The maximum absolute atomic E-state index is 14.3. The number of hydrogen-bond donors (Lipinski definition) is 0. The highest BCUT2D eigenvalue weighted by Crippen LogP contribution is 2.27. The summed E-state index contributed by atoms with van der Waals surface area (Å²) in [5.41, 5.74) is 2.60. The minimum Gasteiger partial charge on any atom is -0.489 e. The fourth-order valence-electron chi connectivity index (χ4n) is 2.98. The van der Waals surface area contributed by atoms with Gasteiger partial charge in [0.2, 0.25) is 0 Å². The first-order chi connectivity index (χ1) is 14.1. The lowest BCUT2D eigenvalue weighted by molar-refractivity contribution is 0.304. The van der Waals surface area contributed by atoms with E-state index in [1.54, 1.807) is 23.0 Å². The summed E-state index contributed by atoms with van der Waals surface area (Å²) in [4.78, 5) is 16.6. The molecule has 5 heteroatoms. The molecule has 1 aliphatic rings. The number of rotatable bonds is 5. The molecule has 146 valence electrons. The van der Waals surface area contributed by atoms with Gasteiger partial charge in [-0.15, -0.1) is 0 Å². The van der Waals surface area contributed by atoms with E-state index >= 15 is 0 Å². The SMILES string of the molecule is Cc1cc(OCc2cccnc2)cc(=O)n1Cc1ccc(C#CC2CC2)c(F)c1. The van der Waals surface area contributed by atoms with Crippen LogP contribution in [0.15, 0.2) is 59.7 Å². The quantitative estimate of drug-likeness (QED) is 0.619. The van der Waals surface area contributed by atoms with Gasteiger partial charge in [-0.1, -0.05) is 24.0 Å². The van der Waals surface area contributed by atoms with Gasteiger partial charge in [-0.25, -0.2) is 4.39 Å². The number of halogens is 1. The molecule has 0 amide bonds. The molecule has 1 fully saturated rings. The molecule has 29 heavy (non-hydrogen) atoms. The molecular formula is C24H21FN2O2. The number of pyridine rings is 2. The predicted molar refractivity (Wildman–Crippen MR) is 109 cm³/mol. The van der Waals surface area contributed by atoms with Gasteiger partial charge in [-0.2, -0.15) is 0 Å². The highest BCUT2D eigenvalue weighted by atomic mass is 19.1. The Kier molecular flexibility index (Phi) is 5.44. The van der Waals surface area contributed by atoms with Crippen molar-refractivity contribution >= 4 is 0 Å². The van der Waals surface area contributed by atoms with Crippen LogP contribution in [0.2, 0.25) is 0 Å². The first kappa shape index (κ1) is 18.9. The third kappa shape index (κ3) is 4.91. The maximum atomic E-state index is 14.3. The van der Waals surface area contributed by atoms with Gasteiger partial charge < -0.3 is 9.30 Å². The molecule has 0 aliphatic heterocycles. The minimum absolute atomic E-state index is 0.191. The minimum atomic E-state index is -0.349. The standard InChI is InChI=1S/C24H21FN2O2/c1-17-11-22(29-16-20-3-2-10-26-14-20)13-24(28)27(17)15-19-7-9-21(23(25)12-19)8-6-18-4-5-18/h2-3,7,9-14,18H,4-5,15-16H2,1H3. The number of aryl methyl sites for hydroxylation is 1. The van der Waals surface area contributed by atoms with Crippen LogP contribution < -0.4 is 10.3 Å². The molecule has 2 aromatic heterocycles. The highest BCUT2D eigenvalue weighted by molar-refractivity contribution is 5.39. The van der Waals surface area contributed by atoms with E-state index in [1.807, 2.05) is 31.2 Å². The third-order valence-electron chi connectivity index (χ3n) is 4.80. The van der Waals surface area contributed by atoms with E-state index < -0.39 is 0 Å². The Hall–Kier alpha value is -3.39. The van der Waals surface area contributed by atoms with Crippen molar-refractivity contribution in [2.45, 2.75) is 32.9 Å². The van der Waals surface area contributed by atoms with Gasteiger partial charge in [-0.3, -0.25) is 9.78 Å². The normalized spacial score (nSPS) is 12.9. The van der Waals surface area contributed by atoms with Crippen LogP contribution in [0.3, 0.4) is 0 Å². The zero-order valence-electron chi connectivity index (χ0n) is 16.2. The second-order valence-corrected chi connectivity index (χ2v) is 7.26. The predicted octanol–water partition coefficient (Wildman–Crippen LogP) is 4.08. The second kappa shape index (κ2) is 8.32. The Morgan fingerprint density at radius 2 is 2.07 bits per heavy atom. The summed E-state index contributed by atoms with van der Waals surface area (Å²) in [6, 6.07) is 12.0. The van der Waals surface area contributed by atoms with Crippen molar-refractivity contribution in [3.05, 3.63) is 93.4 Å². The van der Waals surface area contributed by atoms with E-state index in [0.717, 1.165) is 24.1 Å². The number of hydrogen-bond acceptors (Lipinski definition) is 3. The first-order valence-electron chi connectivity index (χ1n) is 9.61. The van der Waals surface area contributed by atoms with Crippen LogP contribution in [0.25, 0.3) is 0 Å². The van der Waals surface area contributed by atoms with Gasteiger partial charge in [0.1, 0.15) is 18.2 Å². The molecule has 0 spiro atoms. The van der Waals surface area contributed by atoms with Gasteiger partial charge in [0.05, 0.1) is 12.1 Å². The van der Waals surface area contributed by atoms with Crippen molar-refractivity contribution in [3.63, 3.8) is 0 Å². The summed E-state index contributed by atoms with van der Waals surface area (Å²) in [5, 5.41) is 0. The van der Waals surface area contributed by atoms with Crippen molar-refractivity contribution < 1.29 is 9.13 Å². The Morgan fingerprint density at radius 3 is 2.76 bits per heavy atom. The zero-order chi connectivity index (χ0) is 20.2. The fourth-order valence-corrected chi connectivity index (χ4v) is 2.98. The summed E-state index contributed by atoms with van der Waals surface area (Å²) in [5.74, 6) is 6.56. The zero-order valence-corrected chi connectivity index (χ0v) is 16.2. The van der Waals surface area contributed by atoms with Gasteiger partial charge in [-0.05, 0) is 49.6 Å².